The van der Waals surface area contributed by atoms with Crippen LogP contribution >= 0.6 is 12.2 Å². The number of ether oxygens (including phenoxy) is 1. The van der Waals surface area contributed by atoms with Crippen LogP contribution in [0.3, 0.4) is 0 Å². The van der Waals surface area contributed by atoms with Crippen LogP contribution in [0.25, 0.3) is 0 Å². The Morgan fingerprint density at radius 1 is 1.07 bits per heavy atom. The standard InChI is InChI=1S/C20H21N3O3S/c1-14-5-4-6-15(13-14)18(24)22-20(27)21-17-8-3-2-7-16(17)19(25)23-9-11-26-12-10-23/h2-8,13H,9-12H2,1H3,(H2,21,22,24,27). The lowest BCUT2D eigenvalue weighted by Crippen LogP contribution is -2.41. The first-order valence-corrected chi connectivity index (χ1v) is 9.10. The highest BCUT2D eigenvalue weighted by Gasteiger charge is 2.21. The molecule has 0 bridgehead atoms. The fraction of sp³-hybridized carbons (Fsp3) is 0.250. The van der Waals surface area contributed by atoms with Crippen molar-refractivity contribution in [2.75, 3.05) is 31.6 Å². The average molecular weight is 383 g/mol. The van der Waals surface area contributed by atoms with Gasteiger partial charge in [0, 0.05) is 18.7 Å². The topological polar surface area (TPSA) is 70.7 Å². The minimum absolute atomic E-state index is 0.0887. The molecule has 3 rings (SSSR count). The number of carbonyl (C=O) groups excluding carboxylic acids is 2. The Bertz CT molecular complexity index is 863. The maximum absolute atomic E-state index is 12.8. The summed E-state index contributed by atoms with van der Waals surface area (Å²) in [6.07, 6.45) is 0. The smallest absolute Gasteiger partial charge is 0.257 e. The largest absolute Gasteiger partial charge is 0.378 e. The highest BCUT2D eigenvalue weighted by molar-refractivity contribution is 7.80. The van der Waals surface area contributed by atoms with E-state index in [4.69, 9.17) is 17.0 Å². The molecule has 6 nitrogen and oxygen atoms in total. The van der Waals surface area contributed by atoms with Crippen LogP contribution in [0.5, 0.6) is 0 Å². The molecule has 27 heavy (non-hydrogen) atoms. The summed E-state index contributed by atoms with van der Waals surface area (Å²) in [5.41, 5.74) is 2.58. The third kappa shape index (κ3) is 4.90. The summed E-state index contributed by atoms with van der Waals surface area (Å²) in [7, 11) is 0. The van der Waals surface area contributed by atoms with E-state index in [1.807, 2.05) is 25.1 Å². The minimum atomic E-state index is -0.298. The quantitative estimate of drug-likeness (QED) is 0.798. The fourth-order valence-corrected chi connectivity index (χ4v) is 3.03. The van der Waals surface area contributed by atoms with E-state index >= 15 is 0 Å². The molecule has 140 valence electrons. The summed E-state index contributed by atoms with van der Waals surface area (Å²) >= 11 is 5.26. The van der Waals surface area contributed by atoms with Gasteiger partial charge >= 0.3 is 0 Å². The van der Waals surface area contributed by atoms with Gasteiger partial charge in [0.15, 0.2) is 5.11 Å². The molecule has 0 atom stereocenters. The van der Waals surface area contributed by atoms with E-state index in [1.54, 1.807) is 35.2 Å². The molecule has 7 heteroatoms. The second kappa shape index (κ2) is 8.75. The van der Waals surface area contributed by atoms with Crippen LogP contribution in [-0.4, -0.2) is 48.1 Å². The van der Waals surface area contributed by atoms with Crippen molar-refractivity contribution in [3.05, 3.63) is 65.2 Å². The van der Waals surface area contributed by atoms with Crippen molar-refractivity contribution in [2.24, 2.45) is 0 Å². The molecular weight excluding hydrogens is 362 g/mol. The van der Waals surface area contributed by atoms with Gasteiger partial charge in [-0.15, -0.1) is 0 Å². The molecule has 1 aliphatic heterocycles. The number of carbonyl (C=O) groups is 2. The lowest BCUT2D eigenvalue weighted by molar-refractivity contribution is 0.0303. The van der Waals surface area contributed by atoms with E-state index in [-0.39, 0.29) is 16.9 Å². The number of benzene rings is 2. The van der Waals surface area contributed by atoms with Gasteiger partial charge in [0.25, 0.3) is 11.8 Å². The number of amides is 2. The maximum atomic E-state index is 12.8. The summed E-state index contributed by atoms with van der Waals surface area (Å²) in [4.78, 5) is 26.9. The molecule has 2 aromatic carbocycles. The Morgan fingerprint density at radius 2 is 1.81 bits per heavy atom. The van der Waals surface area contributed by atoms with Crippen molar-refractivity contribution >= 4 is 34.8 Å². The molecule has 0 saturated carbocycles. The van der Waals surface area contributed by atoms with Gasteiger partial charge in [-0.2, -0.15) is 0 Å². The van der Waals surface area contributed by atoms with Crippen molar-refractivity contribution in [1.29, 1.82) is 0 Å². The third-order valence-corrected chi connectivity index (χ3v) is 4.42. The molecule has 0 aliphatic carbocycles. The zero-order valence-corrected chi connectivity index (χ0v) is 15.8. The average Bonchev–Trinajstić information content (AvgIpc) is 2.68. The number of morpholine rings is 1. The zero-order valence-electron chi connectivity index (χ0n) is 15.0. The van der Waals surface area contributed by atoms with Gasteiger partial charge in [-0.25, -0.2) is 0 Å². The molecule has 1 heterocycles. The fourth-order valence-electron chi connectivity index (χ4n) is 2.83. The Morgan fingerprint density at radius 3 is 2.56 bits per heavy atom. The molecule has 2 amide bonds. The first kappa shape index (κ1) is 19.0. The van der Waals surface area contributed by atoms with Gasteiger partial charge in [-0.1, -0.05) is 29.8 Å². The van der Waals surface area contributed by atoms with Crippen LogP contribution in [0, 0.1) is 6.92 Å². The van der Waals surface area contributed by atoms with Crippen LogP contribution in [0.4, 0.5) is 5.69 Å². The van der Waals surface area contributed by atoms with E-state index in [0.717, 1.165) is 5.56 Å². The van der Waals surface area contributed by atoms with Crippen LogP contribution in [0.2, 0.25) is 0 Å². The highest BCUT2D eigenvalue weighted by Crippen LogP contribution is 2.18. The molecule has 1 aliphatic rings. The van der Waals surface area contributed by atoms with Gasteiger partial charge in [-0.3, -0.25) is 14.9 Å². The molecule has 0 unspecified atom stereocenters. The van der Waals surface area contributed by atoms with E-state index < -0.39 is 0 Å². The number of para-hydroxylation sites is 1. The van der Waals surface area contributed by atoms with Crippen LogP contribution in [-0.2, 0) is 4.74 Å². The highest BCUT2D eigenvalue weighted by atomic mass is 32.1. The first-order chi connectivity index (χ1) is 13.0. The van der Waals surface area contributed by atoms with Crippen molar-refractivity contribution in [1.82, 2.24) is 10.2 Å². The maximum Gasteiger partial charge on any atom is 0.257 e. The van der Waals surface area contributed by atoms with Crippen LogP contribution in [0.1, 0.15) is 26.3 Å². The van der Waals surface area contributed by atoms with Crippen molar-refractivity contribution < 1.29 is 14.3 Å². The summed E-state index contributed by atoms with van der Waals surface area (Å²) < 4.78 is 5.30. The number of rotatable bonds is 3. The Labute approximate surface area is 163 Å². The third-order valence-electron chi connectivity index (χ3n) is 4.21. The Balaban J connectivity index is 1.69. The van der Waals surface area contributed by atoms with Gasteiger partial charge in [0.05, 0.1) is 24.5 Å². The van der Waals surface area contributed by atoms with Crippen molar-refractivity contribution in [3.8, 4) is 0 Å². The Hall–Kier alpha value is -2.77. The zero-order chi connectivity index (χ0) is 19.2. The second-order valence-electron chi connectivity index (χ2n) is 6.23. The number of nitrogens with zero attached hydrogens (tertiary/aromatic N) is 1. The lowest BCUT2D eigenvalue weighted by atomic mass is 10.1. The second-order valence-corrected chi connectivity index (χ2v) is 6.64. The number of hydrogen-bond donors (Lipinski definition) is 2. The van der Waals surface area contributed by atoms with Crippen molar-refractivity contribution in [2.45, 2.75) is 6.92 Å². The molecule has 0 radical (unpaired) electrons. The SMILES string of the molecule is Cc1cccc(C(=O)NC(=S)Nc2ccccc2C(=O)N2CCOCC2)c1. The molecule has 0 aromatic heterocycles. The summed E-state index contributed by atoms with van der Waals surface area (Å²) in [5, 5.41) is 5.76. The molecule has 1 saturated heterocycles. The van der Waals surface area contributed by atoms with E-state index in [0.29, 0.717) is 43.1 Å². The number of nitrogens with one attached hydrogen (secondary N) is 2. The normalized spacial score (nSPS) is 13.7. The number of aryl methyl sites for hydroxylation is 1. The molecule has 0 spiro atoms. The lowest BCUT2D eigenvalue weighted by Gasteiger charge is -2.27. The van der Waals surface area contributed by atoms with E-state index in [9.17, 15) is 9.59 Å². The summed E-state index contributed by atoms with van der Waals surface area (Å²) in [6, 6.07) is 14.4. The monoisotopic (exact) mass is 383 g/mol. The summed E-state index contributed by atoms with van der Waals surface area (Å²) in [5.74, 6) is -0.387. The van der Waals surface area contributed by atoms with E-state index in [2.05, 4.69) is 10.6 Å². The minimum Gasteiger partial charge on any atom is -0.378 e. The van der Waals surface area contributed by atoms with Gasteiger partial charge in [-0.05, 0) is 43.4 Å². The molecule has 2 aromatic rings. The molecule has 1 fully saturated rings. The number of thiocarbonyl (C=S) groups is 1. The predicted molar refractivity (Wildman–Crippen MR) is 108 cm³/mol. The van der Waals surface area contributed by atoms with Gasteiger partial charge < -0.3 is 15.0 Å². The van der Waals surface area contributed by atoms with E-state index in [1.165, 1.54) is 0 Å². The first-order valence-electron chi connectivity index (χ1n) is 8.69. The molecular formula is C20H21N3O3S. The summed E-state index contributed by atoms with van der Waals surface area (Å²) in [6.45, 7) is 4.10. The van der Waals surface area contributed by atoms with Gasteiger partial charge in [0.2, 0.25) is 0 Å². The number of anilines is 1. The number of hydrogen-bond acceptors (Lipinski definition) is 4. The van der Waals surface area contributed by atoms with Crippen LogP contribution < -0.4 is 10.6 Å². The molecule has 2 N–H and O–H groups in total. The van der Waals surface area contributed by atoms with Crippen molar-refractivity contribution in [3.63, 3.8) is 0 Å². The predicted octanol–water partition coefficient (Wildman–Crippen LogP) is 2.59. The van der Waals surface area contributed by atoms with Crippen LogP contribution in [0.15, 0.2) is 48.5 Å². The Kier molecular flexibility index (Phi) is 6.16. The van der Waals surface area contributed by atoms with Gasteiger partial charge in [0.1, 0.15) is 0 Å².